The Morgan fingerprint density at radius 2 is 1.88 bits per heavy atom. The number of aromatic nitrogens is 4. The van der Waals surface area contributed by atoms with Crippen LogP contribution in [0.15, 0.2) is 24.3 Å². The van der Waals surface area contributed by atoms with Gasteiger partial charge in [0.1, 0.15) is 11.6 Å². The number of Topliss-reactive ketones (excluding diaryl/α,β-unsaturated/α-hetero) is 1. The Morgan fingerprint density at radius 3 is 2.65 bits per heavy atom. The summed E-state index contributed by atoms with van der Waals surface area (Å²) in [4.78, 5) is 16.7. The number of ketones is 1. The van der Waals surface area contributed by atoms with Crippen molar-refractivity contribution in [2.24, 2.45) is 5.41 Å². The van der Waals surface area contributed by atoms with Crippen molar-refractivity contribution < 1.29 is 4.79 Å². The van der Waals surface area contributed by atoms with Crippen LogP contribution in [0.25, 0.3) is 16.7 Å². The number of anilines is 1. The molecule has 0 aliphatic rings. The zero-order chi connectivity index (χ0) is 18.7. The molecule has 138 valence electrons. The number of nitrogens with zero attached hydrogens (tertiary/aromatic N) is 4. The zero-order valence-electron chi connectivity index (χ0n) is 16.0. The van der Waals surface area contributed by atoms with Crippen LogP contribution in [-0.4, -0.2) is 31.9 Å². The fraction of sp³-hybridized carbons (Fsp3) is 0.500. The third-order valence-corrected chi connectivity index (χ3v) is 4.60. The second-order valence-corrected chi connectivity index (χ2v) is 7.77. The molecular formula is C20H27N5O. The number of hydrogen-bond donors (Lipinski definition) is 1. The number of para-hydroxylation sites is 2. The summed E-state index contributed by atoms with van der Waals surface area (Å²) in [5.74, 6) is 1.94. The molecule has 6 heteroatoms. The molecule has 2 aromatic heterocycles. The van der Waals surface area contributed by atoms with Gasteiger partial charge in [0.15, 0.2) is 5.82 Å². The Morgan fingerprint density at radius 1 is 1.12 bits per heavy atom. The van der Waals surface area contributed by atoms with E-state index in [4.69, 9.17) is 4.98 Å². The van der Waals surface area contributed by atoms with Crippen molar-refractivity contribution >= 4 is 28.3 Å². The fourth-order valence-electron chi connectivity index (χ4n) is 3.01. The van der Waals surface area contributed by atoms with Gasteiger partial charge in [-0.15, -0.1) is 10.2 Å². The predicted molar refractivity (Wildman–Crippen MR) is 104 cm³/mol. The molecule has 0 aliphatic carbocycles. The predicted octanol–water partition coefficient (Wildman–Crippen LogP) is 4.17. The quantitative estimate of drug-likeness (QED) is 0.645. The van der Waals surface area contributed by atoms with E-state index in [2.05, 4.69) is 15.5 Å². The van der Waals surface area contributed by atoms with E-state index in [0.29, 0.717) is 12.2 Å². The molecule has 0 saturated carbocycles. The summed E-state index contributed by atoms with van der Waals surface area (Å²) in [5, 5.41) is 11.9. The van der Waals surface area contributed by atoms with Gasteiger partial charge >= 0.3 is 0 Å². The number of hydrogen-bond acceptors (Lipinski definition) is 5. The topological polar surface area (TPSA) is 72.2 Å². The highest BCUT2D eigenvalue weighted by molar-refractivity contribution is 5.83. The van der Waals surface area contributed by atoms with Crippen LogP contribution in [0, 0.1) is 12.3 Å². The zero-order valence-corrected chi connectivity index (χ0v) is 16.0. The molecule has 26 heavy (non-hydrogen) atoms. The van der Waals surface area contributed by atoms with Crippen molar-refractivity contribution in [3.63, 3.8) is 0 Å². The van der Waals surface area contributed by atoms with Gasteiger partial charge in [-0.25, -0.2) is 4.98 Å². The van der Waals surface area contributed by atoms with Gasteiger partial charge in [0, 0.05) is 18.4 Å². The molecule has 0 spiro atoms. The van der Waals surface area contributed by atoms with Gasteiger partial charge in [0.25, 0.3) is 0 Å². The molecule has 0 amide bonds. The summed E-state index contributed by atoms with van der Waals surface area (Å²) in [5.41, 5.74) is 2.45. The van der Waals surface area contributed by atoms with E-state index >= 15 is 0 Å². The lowest BCUT2D eigenvalue weighted by Gasteiger charge is -2.16. The van der Waals surface area contributed by atoms with E-state index in [1.54, 1.807) is 0 Å². The first kappa shape index (κ1) is 18.3. The lowest BCUT2D eigenvalue weighted by Crippen LogP contribution is -2.19. The van der Waals surface area contributed by atoms with Gasteiger partial charge in [-0.3, -0.25) is 9.20 Å². The van der Waals surface area contributed by atoms with Gasteiger partial charge in [0.2, 0.25) is 5.65 Å². The largest absolute Gasteiger partial charge is 0.367 e. The minimum Gasteiger partial charge on any atom is -0.367 e. The first-order valence-electron chi connectivity index (χ1n) is 9.25. The molecule has 0 aliphatic heterocycles. The summed E-state index contributed by atoms with van der Waals surface area (Å²) in [6.07, 6.45) is 3.60. The number of aryl methyl sites for hydroxylation is 1. The molecule has 1 N–H and O–H groups in total. The molecule has 3 rings (SSSR count). The van der Waals surface area contributed by atoms with E-state index in [9.17, 15) is 4.79 Å². The first-order valence-corrected chi connectivity index (χ1v) is 9.25. The lowest BCUT2D eigenvalue weighted by atomic mass is 9.88. The number of fused-ring (bicyclic) bond motifs is 3. The molecule has 0 atom stereocenters. The van der Waals surface area contributed by atoms with Crippen LogP contribution in [0.5, 0.6) is 0 Å². The molecular weight excluding hydrogens is 326 g/mol. The van der Waals surface area contributed by atoms with E-state index in [1.165, 1.54) is 0 Å². The van der Waals surface area contributed by atoms with Crippen LogP contribution in [0.4, 0.5) is 5.82 Å². The van der Waals surface area contributed by atoms with Gasteiger partial charge < -0.3 is 5.32 Å². The molecule has 0 fully saturated rings. The first-order chi connectivity index (χ1) is 12.4. The number of unbranched alkanes of at least 4 members (excludes halogenated alkanes) is 2. The third-order valence-electron chi connectivity index (χ3n) is 4.60. The van der Waals surface area contributed by atoms with Crippen LogP contribution in [0.3, 0.4) is 0 Å². The molecule has 0 bridgehead atoms. The number of benzene rings is 1. The summed E-state index contributed by atoms with van der Waals surface area (Å²) in [6.45, 7) is 8.69. The van der Waals surface area contributed by atoms with Gasteiger partial charge in [-0.05, 0) is 31.9 Å². The highest BCUT2D eigenvalue weighted by Crippen LogP contribution is 2.22. The van der Waals surface area contributed by atoms with E-state index in [-0.39, 0.29) is 5.41 Å². The van der Waals surface area contributed by atoms with Crippen molar-refractivity contribution in [2.75, 3.05) is 11.9 Å². The van der Waals surface area contributed by atoms with Crippen molar-refractivity contribution in [1.29, 1.82) is 0 Å². The average molecular weight is 353 g/mol. The summed E-state index contributed by atoms with van der Waals surface area (Å²) in [7, 11) is 0. The maximum atomic E-state index is 11.9. The van der Waals surface area contributed by atoms with Crippen LogP contribution < -0.4 is 5.32 Å². The van der Waals surface area contributed by atoms with Crippen LogP contribution >= 0.6 is 0 Å². The van der Waals surface area contributed by atoms with E-state index < -0.39 is 0 Å². The van der Waals surface area contributed by atoms with E-state index in [1.807, 2.05) is 56.4 Å². The summed E-state index contributed by atoms with van der Waals surface area (Å²) < 4.78 is 2.03. The second-order valence-electron chi connectivity index (χ2n) is 7.77. The Kier molecular flexibility index (Phi) is 5.20. The number of carbonyl (C=O) groups excluding carboxylic acids is 1. The molecule has 1 aromatic carbocycles. The molecule has 0 radical (unpaired) electrons. The average Bonchev–Trinajstić information content (AvgIpc) is 2.99. The van der Waals surface area contributed by atoms with Gasteiger partial charge in [-0.2, -0.15) is 0 Å². The van der Waals surface area contributed by atoms with Gasteiger partial charge in [-0.1, -0.05) is 39.3 Å². The SMILES string of the molecule is Cc1nnc2c(NCCCCCC(=O)C(C)(C)C)nc3ccccc3n12. The smallest absolute Gasteiger partial charge is 0.204 e. The molecule has 3 aromatic rings. The van der Waals surface area contributed by atoms with E-state index in [0.717, 1.165) is 54.1 Å². The minimum absolute atomic E-state index is 0.232. The Bertz CT molecular complexity index is 923. The Balaban J connectivity index is 1.62. The number of nitrogens with one attached hydrogen (secondary N) is 1. The monoisotopic (exact) mass is 353 g/mol. The van der Waals surface area contributed by atoms with Crippen LogP contribution in [0.1, 0.15) is 52.3 Å². The molecule has 2 heterocycles. The highest BCUT2D eigenvalue weighted by Gasteiger charge is 2.20. The molecule has 6 nitrogen and oxygen atoms in total. The standard InChI is InChI=1S/C20H27N5O/c1-14-23-24-19-18(22-15-10-7-8-11-16(15)25(14)19)21-13-9-5-6-12-17(26)20(2,3)4/h7-8,10-11H,5-6,9,12-13H2,1-4H3,(H,21,22). The van der Waals surface area contributed by atoms with Crippen LogP contribution in [-0.2, 0) is 4.79 Å². The number of carbonyl (C=O) groups is 1. The minimum atomic E-state index is -0.232. The summed E-state index contributed by atoms with van der Waals surface area (Å²) in [6, 6.07) is 8.00. The molecule has 0 unspecified atom stereocenters. The third kappa shape index (κ3) is 3.84. The normalized spacial score (nSPS) is 12.0. The lowest BCUT2D eigenvalue weighted by molar-refractivity contribution is -0.126. The highest BCUT2D eigenvalue weighted by atomic mass is 16.1. The van der Waals surface area contributed by atoms with Crippen molar-refractivity contribution in [3.8, 4) is 0 Å². The second kappa shape index (κ2) is 7.40. The van der Waals surface area contributed by atoms with Crippen molar-refractivity contribution in [1.82, 2.24) is 19.6 Å². The summed E-state index contributed by atoms with van der Waals surface area (Å²) >= 11 is 0. The Labute approximate surface area is 154 Å². The maximum absolute atomic E-state index is 11.9. The Hall–Kier alpha value is -2.50. The van der Waals surface area contributed by atoms with Crippen LogP contribution in [0.2, 0.25) is 0 Å². The van der Waals surface area contributed by atoms with Crippen molar-refractivity contribution in [3.05, 3.63) is 30.1 Å². The van der Waals surface area contributed by atoms with Gasteiger partial charge in [0.05, 0.1) is 11.0 Å². The van der Waals surface area contributed by atoms with Crippen molar-refractivity contribution in [2.45, 2.75) is 53.4 Å². The fourth-order valence-corrected chi connectivity index (χ4v) is 3.01. The maximum Gasteiger partial charge on any atom is 0.204 e. The molecule has 0 saturated heterocycles. The number of rotatable bonds is 7.